The number of carbonyl (C=O) groups excluding carboxylic acids is 1. The van der Waals surface area contributed by atoms with E-state index >= 15 is 0 Å². The Bertz CT molecular complexity index is 806. The van der Waals surface area contributed by atoms with Crippen molar-refractivity contribution < 1.29 is 14.3 Å². The lowest BCUT2D eigenvalue weighted by molar-refractivity contribution is 0.0919. The largest absolute Gasteiger partial charge is 0.445 e. The molecule has 2 saturated heterocycles. The third kappa shape index (κ3) is 4.12. The highest BCUT2D eigenvalue weighted by Crippen LogP contribution is 2.34. The molecule has 2 aromatic rings. The van der Waals surface area contributed by atoms with E-state index in [9.17, 15) is 4.79 Å². The van der Waals surface area contributed by atoms with Crippen molar-refractivity contribution in [3.05, 3.63) is 59.3 Å². The highest BCUT2D eigenvalue weighted by atomic mass is 16.6. The molecule has 3 heterocycles. The van der Waals surface area contributed by atoms with E-state index in [1.807, 2.05) is 42.2 Å². The molecule has 28 heavy (non-hydrogen) atoms. The van der Waals surface area contributed by atoms with E-state index in [0.29, 0.717) is 6.61 Å². The van der Waals surface area contributed by atoms with E-state index in [4.69, 9.17) is 14.5 Å². The first-order valence-electron chi connectivity index (χ1n) is 10.00. The van der Waals surface area contributed by atoms with E-state index in [2.05, 4.69) is 17.0 Å². The SMILES string of the molecule is Cc1nc(N2CCOCC2)ccc1C1CCCN1C(=O)OCc1ccccc1. The van der Waals surface area contributed by atoms with E-state index in [1.165, 1.54) is 0 Å². The van der Waals surface area contributed by atoms with Crippen LogP contribution in [0.25, 0.3) is 0 Å². The number of aromatic nitrogens is 1. The number of ether oxygens (including phenoxy) is 2. The normalized spacial score (nSPS) is 19.7. The minimum atomic E-state index is -0.247. The van der Waals surface area contributed by atoms with Gasteiger partial charge in [0.15, 0.2) is 0 Å². The van der Waals surface area contributed by atoms with Crippen LogP contribution in [0.1, 0.15) is 35.7 Å². The van der Waals surface area contributed by atoms with E-state index in [0.717, 1.165) is 68.3 Å². The Kier molecular flexibility index (Phi) is 5.76. The number of carbonyl (C=O) groups is 1. The Hall–Kier alpha value is -2.60. The third-order valence-electron chi connectivity index (χ3n) is 5.50. The number of benzene rings is 1. The third-order valence-corrected chi connectivity index (χ3v) is 5.50. The number of hydrogen-bond donors (Lipinski definition) is 0. The zero-order valence-corrected chi connectivity index (χ0v) is 16.3. The lowest BCUT2D eigenvalue weighted by Gasteiger charge is -2.29. The van der Waals surface area contributed by atoms with Crippen LogP contribution in [0.15, 0.2) is 42.5 Å². The molecule has 2 aliphatic rings. The molecule has 1 aromatic carbocycles. The molecule has 0 bridgehead atoms. The van der Waals surface area contributed by atoms with Crippen LogP contribution in [0.5, 0.6) is 0 Å². The van der Waals surface area contributed by atoms with Crippen LogP contribution < -0.4 is 4.90 Å². The Labute approximate surface area is 166 Å². The van der Waals surface area contributed by atoms with Crippen LogP contribution in [0.2, 0.25) is 0 Å². The van der Waals surface area contributed by atoms with Gasteiger partial charge in [-0.2, -0.15) is 0 Å². The molecule has 0 aliphatic carbocycles. The van der Waals surface area contributed by atoms with Crippen molar-refractivity contribution in [2.24, 2.45) is 0 Å². The molecule has 4 rings (SSSR count). The van der Waals surface area contributed by atoms with Crippen molar-refractivity contribution in [3.63, 3.8) is 0 Å². The maximum Gasteiger partial charge on any atom is 0.410 e. The van der Waals surface area contributed by atoms with Gasteiger partial charge >= 0.3 is 6.09 Å². The molecule has 1 atom stereocenters. The number of aryl methyl sites for hydroxylation is 1. The Morgan fingerprint density at radius 3 is 2.68 bits per heavy atom. The molecule has 148 valence electrons. The van der Waals surface area contributed by atoms with Gasteiger partial charge in [0.2, 0.25) is 0 Å². The summed E-state index contributed by atoms with van der Waals surface area (Å²) in [7, 11) is 0. The topological polar surface area (TPSA) is 54.9 Å². The first kappa shape index (κ1) is 18.7. The van der Waals surface area contributed by atoms with Crippen LogP contribution in [-0.4, -0.2) is 48.8 Å². The van der Waals surface area contributed by atoms with Gasteiger partial charge in [-0.15, -0.1) is 0 Å². The maximum absolute atomic E-state index is 12.7. The minimum Gasteiger partial charge on any atom is -0.445 e. The number of morpholine rings is 1. The number of anilines is 1. The average molecular weight is 381 g/mol. The molecular formula is C22H27N3O3. The minimum absolute atomic E-state index is 0.0366. The van der Waals surface area contributed by atoms with Gasteiger partial charge in [-0.1, -0.05) is 36.4 Å². The molecule has 0 saturated carbocycles. The molecule has 1 aromatic heterocycles. The number of rotatable bonds is 4. The summed E-state index contributed by atoms with van der Waals surface area (Å²) in [4.78, 5) is 21.6. The standard InChI is InChI=1S/C22H27N3O3/c1-17-19(9-10-21(23-17)24-12-14-27-15-13-24)20-8-5-11-25(20)22(26)28-16-18-6-3-2-4-7-18/h2-4,6-7,9-10,20H,5,8,11-16H2,1H3. The van der Waals surface area contributed by atoms with Gasteiger partial charge in [-0.3, -0.25) is 0 Å². The molecular weight excluding hydrogens is 354 g/mol. The summed E-state index contributed by atoms with van der Waals surface area (Å²) in [6.07, 6.45) is 1.68. The van der Waals surface area contributed by atoms with Gasteiger partial charge in [-0.05, 0) is 37.0 Å². The Balaban J connectivity index is 1.44. The summed E-state index contributed by atoms with van der Waals surface area (Å²) in [6, 6.07) is 14.0. The summed E-state index contributed by atoms with van der Waals surface area (Å²) in [6.45, 7) is 6.28. The van der Waals surface area contributed by atoms with Crippen LogP contribution in [0.4, 0.5) is 10.6 Å². The second-order valence-electron chi connectivity index (χ2n) is 7.34. The van der Waals surface area contributed by atoms with Crippen molar-refractivity contribution in [1.82, 2.24) is 9.88 Å². The highest BCUT2D eigenvalue weighted by molar-refractivity contribution is 5.69. The predicted octanol–water partition coefficient (Wildman–Crippen LogP) is 3.70. The van der Waals surface area contributed by atoms with Crippen molar-refractivity contribution in [2.75, 3.05) is 37.7 Å². The molecule has 6 nitrogen and oxygen atoms in total. The number of amides is 1. The van der Waals surface area contributed by atoms with Crippen molar-refractivity contribution in [3.8, 4) is 0 Å². The Morgan fingerprint density at radius 1 is 1.14 bits per heavy atom. The fourth-order valence-electron chi connectivity index (χ4n) is 3.99. The molecule has 2 aliphatic heterocycles. The summed E-state index contributed by atoms with van der Waals surface area (Å²) in [5.41, 5.74) is 3.10. The van der Waals surface area contributed by atoms with Crippen LogP contribution in [0, 0.1) is 6.92 Å². The summed E-state index contributed by atoms with van der Waals surface area (Å²) in [5.74, 6) is 0.987. The first-order chi connectivity index (χ1) is 13.7. The average Bonchev–Trinajstić information content (AvgIpc) is 3.23. The molecule has 0 N–H and O–H groups in total. The summed E-state index contributed by atoms with van der Waals surface area (Å²) < 4.78 is 11.0. The Morgan fingerprint density at radius 2 is 1.93 bits per heavy atom. The molecule has 1 amide bonds. The van der Waals surface area contributed by atoms with Crippen molar-refractivity contribution in [1.29, 1.82) is 0 Å². The molecule has 6 heteroatoms. The van der Waals surface area contributed by atoms with E-state index < -0.39 is 0 Å². The van der Waals surface area contributed by atoms with E-state index in [1.54, 1.807) is 0 Å². The van der Waals surface area contributed by atoms with Gasteiger partial charge in [0.25, 0.3) is 0 Å². The van der Waals surface area contributed by atoms with Gasteiger partial charge in [-0.25, -0.2) is 9.78 Å². The zero-order valence-electron chi connectivity index (χ0n) is 16.3. The van der Waals surface area contributed by atoms with Crippen molar-refractivity contribution >= 4 is 11.9 Å². The van der Waals surface area contributed by atoms with Gasteiger partial charge in [0.1, 0.15) is 12.4 Å². The van der Waals surface area contributed by atoms with Crippen LogP contribution in [0.3, 0.4) is 0 Å². The monoisotopic (exact) mass is 381 g/mol. The molecule has 2 fully saturated rings. The fraction of sp³-hybridized carbons (Fsp3) is 0.455. The van der Waals surface area contributed by atoms with Gasteiger partial charge in [0, 0.05) is 25.3 Å². The second-order valence-corrected chi connectivity index (χ2v) is 7.34. The molecule has 0 spiro atoms. The lowest BCUT2D eigenvalue weighted by Crippen LogP contribution is -2.37. The van der Waals surface area contributed by atoms with Crippen LogP contribution >= 0.6 is 0 Å². The zero-order chi connectivity index (χ0) is 19.3. The quantitative estimate of drug-likeness (QED) is 0.808. The molecule has 1 unspecified atom stereocenters. The number of nitrogens with zero attached hydrogens (tertiary/aromatic N) is 3. The fourth-order valence-corrected chi connectivity index (χ4v) is 3.99. The highest BCUT2D eigenvalue weighted by Gasteiger charge is 2.32. The second kappa shape index (κ2) is 8.61. The lowest BCUT2D eigenvalue weighted by atomic mass is 10.0. The smallest absolute Gasteiger partial charge is 0.410 e. The van der Waals surface area contributed by atoms with Gasteiger partial charge in [0.05, 0.1) is 19.3 Å². The summed E-state index contributed by atoms with van der Waals surface area (Å²) in [5, 5.41) is 0. The van der Waals surface area contributed by atoms with Crippen molar-refractivity contribution in [2.45, 2.75) is 32.4 Å². The number of pyridine rings is 1. The number of likely N-dealkylation sites (tertiary alicyclic amines) is 1. The predicted molar refractivity (Wildman–Crippen MR) is 107 cm³/mol. The van der Waals surface area contributed by atoms with E-state index in [-0.39, 0.29) is 12.1 Å². The number of hydrogen-bond acceptors (Lipinski definition) is 5. The maximum atomic E-state index is 12.7. The first-order valence-corrected chi connectivity index (χ1v) is 10.00. The van der Waals surface area contributed by atoms with Crippen LogP contribution in [-0.2, 0) is 16.1 Å². The van der Waals surface area contributed by atoms with Gasteiger partial charge < -0.3 is 19.3 Å². The molecule has 0 radical (unpaired) electrons. The summed E-state index contributed by atoms with van der Waals surface area (Å²) >= 11 is 0.